The number of phenolic OH excluding ortho intramolecular Hbond substituents is 2. The number of nitrogen functional groups attached to an aromatic ring is 1. The Kier molecular flexibility index (Phi) is 9.77. The van der Waals surface area contributed by atoms with Crippen LogP contribution in [0.5, 0.6) is 11.5 Å². The first kappa shape index (κ1) is 32.5. The van der Waals surface area contributed by atoms with E-state index < -0.39 is 70.3 Å². The van der Waals surface area contributed by atoms with Crippen molar-refractivity contribution in [1.82, 2.24) is 26.1 Å². The Labute approximate surface area is 261 Å². The molecular formula is C25H25N7O11S2. The number of fused-ring (bicyclic) bond motifs is 1. The van der Waals surface area contributed by atoms with Crippen LogP contribution in [0.25, 0.3) is 0 Å². The zero-order valence-corrected chi connectivity index (χ0v) is 24.9. The number of amides is 4. The van der Waals surface area contributed by atoms with Crippen molar-refractivity contribution in [3.8, 4) is 11.5 Å². The number of hydrazine groups is 1. The van der Waals surface area contributed by atoms with Crippen LogP contribution in [-0.2, 0) is 33.5 Å². The molecule has 3 atom stereocenters. The van der Waals surface area contributed by atoms with Crippen LogP contribution < -0.4 is 21.9 Å². The van der Waals surface area contributed by atoms with Gasteiger partial charge in [0.05, 0.1) is 0 Å². The number of oxime groups is 1. The van der Waals surface area contributed by atoms with Crippen molar-refractivity contribution < 1.29 is 53.7 Å². The van der Waals surface area contributed by atoms with Gasteiger partial charge < -0.3 is 35.9 Å². The highest BCUT2D eigenvalue weighted by Crippen LogP contribution is 2.40. The maximum atomic E-state index is 13.3. The normalized spacial score (nSPS) is 18.2. The third-order valence-corrected chi connectivity index (χ3v) is 8.19. The minimum atomic E-state index is -1.40. The second-order valence-electron chi connectivity index (χ2n) is 9.30. The quantitative estimate of drug-likeness (QED) is 0.0529. The lowest BCUT2D eigenvalue weighted by Crippen LogP contribution is -2.71. The molecule has 1 fully saturated rings. The zero-order chi connectivity index (χ0) is 33.0. The van der Waals surface area contributed by atoms with E-state index in [-0.39, 0.29) is 40.0 Å². The van der Waals surface area contributed by atoms with E-state index >= 15 is 0 Å². The Morgan fingerprint density at radius 2 is 1.93 bits per heavy atom. The number of nitrogens with two attached hydrogens (primary N) is 1. The van der Waals surface area contributed by atoms with Crippen LogP contribution in [0.4, 0.5) is 5.13 Å². The van der Waals surface area contributed by atoms with Crippen LogP contribution in [0.15, 0.2) is 40.0 Å². The number of aromatic nitrogens is 1. The van der Waals surface area contributed by atoms with E-state index in [9.17, 15) is 44.1 Å². The maximum absolute atomic E-state index is 13.3. The fourth-order valence-corrected chi connectivity index (χ4v) is 5.81. The smallest absolute Gasteiger partial charge is 0.352 e. The summed E-state index contributed by atoms with van der Waals surface area (Å²) in [5, 5.41) is 35.5. The first-order valence-electron chi connectivity index (χ1n) is 12.7. The highest BCUT2D eigenvalue weighted by Gasteiger charge is 2.54. The molecule has 2 aliphatic rings. The lowest BCUT2D eigenvalue weighted by molar-refractivity contribution is -0.150. The van der Waals surface area contributed by atoms with Gasteiger partial charge in [0.2, 0.25) is 6.10 Å². The van der Waals surface area contributed by atoms with Crippen molar-refractivity contribution in [2.24, 2.45) is 5.16 Å². The summed E-state index contributed by atoms with van der Waals surface area (Å²) in [5.41, 5.74) is 9.17. The second-order valence-corrected chi connectivity index (χ2v) is 11.3. The molecule has 3 heterocycles. The number of benzene rings is 1. The van der Waals surface area contributed by atoms with Gasteiger partial charge in [0.25, 0.3) is 23.6 Å². The number of hydrogen-bond acceptors (Lipinski definition) is 15. The van der Waals surface area contributed by atoms with Crippen molar-refractivity contribution in [2.75, 3.05) is 18.1 Å². The lowest BCUT2D eigenvalue weighted by Gasteiger charge is -2.49. The number of thioether (sulfide) groups is 1. The van der Waals surface area contributed by atoms with Crippen LogP contribution in [-0.4, -0.2) is 96.4 Å². The number of carboxylic acids is 1. The number of β-lactam (4-membered cyclic amide) rings is 1. The van der Waals surface area contributed by atoms with Gasteiger partial charge in [-0.3, -0.25) is 39.7 Å². The number of nitrogens with zero attached hydrogens (tertiary/aromatic N) is 3. The highest BCUT2D eigenvalue weighted by atomic mass is 32.2. The number of carbonyl (C=O) groups is 6. The molecule has 4 amide bonds. The topological polar surface area (TPSA) is 272 Å². The highest BCUT2D eigenvalue weighted by molar-refractivity contribution is 8.00. The van der Waals surface area contributed by atoms with Gasteiger partial charge >= 0.3 is 11.9 Å². The minimum Gasteiger partial charge on any atom is -0.504 e. The van der Waals surface area contributed by atoms with E-state index in [2.05, 4.69) is 26.3 Å². The largest absolute Gasteiger partial charge is 0.504 e. The average Bonchev–Trinajstić information content (AvgIpc) is 3.43. The van der Waals surface area contributed by atoms with Crippen molar-refractivity contribution in [3.63, 3.8) is 0 Å². The van der Waals surface area contributed by atoms with Crippen molar-refractivity contribution >= 4 is 69.5 Å². The molecule has 0 radical (unpaired) electrons. The number of aliphatic carboxylic acids is 1. The van der Waals surface area contributed by atoms with Crippen molar-refractivity contribution in [3.05, 3.63) is 46.1 Å². The molecule has 8 N–H and O–H groups in total. The molecule has 18 nitrogen and oxygen atoms in total. The third-order valence-electron chi connectivity index (χ3n) is 6.17. The summed E-state index contributed by atoms with van der Waals surface area (Å²) < 4.78 is 4.90. The number of phenols is 2. The first-order valence-corrected chi connectivity index (χ1v) is 14.6. The SMILES string of the molecule is CC(=O)OCC1=C(C(=O)O)N2C(=O)C(NC(=O)C(=NOC(C)C(=O)NNC(=O)c3ccc(O)c(O)c3)c3csc(N)n3)[C@H]2SC1. The van der Waals surface area contributed by atoms with Gasteiger partial charge in [0.15, 0.2) is 22.3 Å². The Balaban J connectivity index is 1.43. The number of thiazole rings is 1. The summed E-state index contributed by atoms with van der Waals surface area (Å²) >= 11 is 2.12. The number of carbonyl (C=O) groups excluding carboxylic acids is 5. The molecule has 1 aromatic carbocycles. The van der Waals surface area contributed by atoms with Crippen LogP contribution >= 0.6 is 23.1 Å². The van der Waals surface area contributed by atoms with Crippen LogP contribution in [0, 0.1) is 0 Å². The summed E-state index contributed by atoms with van der Waals surface area (Å²) in [6.07, 6.45) is -1.38. The van der Waals surface area contributed by atoms with Gasteiger partial charge in [0.1, 0.15) is 29.4 Å². The van der Waals surface area contributed by atoms with Gasteiger partial charge in [0, 0.05) is 29.2 Å². The molecule has 20 heteroatoms. The summed E-state index contributed by atoms with van der Waals surface area (Å²) in [6, 6.07) is 2.09. The number of aromatic hydroxyl groups is 2. The fraction of sp³-hybridized carbons (Fsp3) is 0.280. The molecule has 45 heavy (non-hydrogen) atoms. The number of carboxylic acid groups (broad SMARTS) is 1. The Hall–Kier alpha value is -5.37. The fourth-order valence-electron chi connectivity index (χ4n) is 3.93. The van der Waals surface area contributed by atoms with Crippen LogP contribution in [0.2, 0.25) is 0 Å². The number of anilines is 1. The number of nitrogens with one attached hydrogen (secondary N) is 3. The zero-order valence-electron chi connectivity index (χ0n) is 23.3. The Bertz CT molecular complexity index is 1640. The molecule has 0 spiro atoms. The Morgan fingerprint density at radius 3 is 2.56 bits per heavy atom. The predicted octanol–water partition coefficient (Wildman–Crippen LogP) is -0.991. The van der Waals surface area contributed by atoms with E-state index in [1.807, 2.05) is 0 Å². The predicted molar refractivity (Wildman–Crippen MR) is 155 cm³/mol. The Morgan fingerprint density at radius 1 is 1.20 bits per heavy atom. The molecule has 0 aliphatic carbocycles. The van der Waals surface area contributed by atoms with Crippen LogP contribution in [0.1, 0.15) is 29.9 Å². The van der Waals surface area contributed by atoms with Crippen LogP contribution in [0.3, 0.4) is 0 Å². The number of hydrogen-bond donors (Lipinski definition) is 7. The third kappa shape index (κ3) is 7.24. The molecule has 1 saturated heterocycles. The monoisotopic (exact) mass is 663 g/mol. The number of rotatable bonds is 10. The molecular weight excluding hydrogens is 638 g/mol. The summed E-state index contributed by atoms with van der Waals surface area (Å²) in [4.78, 5) is 84.3. The van der Waals surface area contributed by atoms with E-state index in [4.69, 9.17) is 15.3 Å². The van der Waals surface area contributed by atoms with Gasteiger partial charge in [-0.1, -0.05) is 5.16 Å². The van der Waals surface area contributed by atoms with Gasteiger partial charge in [-0.05, 0) is 25.1 Å². The molecule has 238 valence electrons. The van der Waals surface area contributed by atoms with Gasteiger partial charge in [-0.25, -0.2) is 9.78 Å². The molecule has 1 aromatic heterocycles. The minimum absolute atomic E-state index is 0.0437. The summed E-state index contributed by atoms with van der Waals surface area (Å²) in [5.74, 6) is -6.31. The molecule has 2 unspecified atom stereocenters. The number of esters is 1. The number of ether oxygens (including phenoxy) is 1. The average molecular weight is 664 g/mol. The van der Waals surface area contributed by atoms with Crippen molar-refractivity contribution in [2.45, 2.75) is 31.4 Å². The first-order chi connectivity index (χ1) is 21.3. The molecule has 0 saturated carbocycles. The second kappa shape index (κ2) is 13.5. The summed E-state index contributed by atoms with van der Waals surface area (Å²) in [7, 11) is 0. The molecule has 2 aromatic rings. The van der Waals surface area contributed by atoms with E-state index in [1.54, 1.807) is 0 Å². The van der Waals surface area contributed by atoms with Gasteiger partial charge in [-0.15, -0.1) is 23.1 Å². The standard InChI is InChI=1S/C25H25N7O11S2/c1-9(19(36)29-30-20(37)11-3-4-14(34)15(35)5-11)43-31-16(13-8-45-25(26)27-13)21(38)28-17-22(39)32-18(24(40)41)12(6-42-10(2)33)7-44-23(17)32/h3-5,8-9,17,23,34-35H,6-7H2,1-2H3,(H2,26,27)(H,28,38)(H,29,36)(H,30,37)(H,40,41)/t9?,17?,23-/m1/s1. The van der Waals surface area contributed by atoms with E-state index in [0.29, 0.717) is 0 Å². The molecule has 4 rings (SSSR count). The summed E-state index contributed by atoms with van der Waals surface area (Å²) in [6.45, 7) is 2.10. The maximum Gasteiger partial charge on any atom is 0.352 e. The van der Waals surface area contributed by atoms with Crippen molar-refractivity contribution in [1.29, 1.82) is 0 Å². The molecule has 0 bridgehead atoms. The molecule has 2 aliphatic heterocycles. The van der Waals surface area contributed by atoms with E-state index in [0.717, 1.165) is 47.1 Å². The lowest BCUT2D eigenvalue weighted by atomic mass is 10.0. The van der Waals surface area contributed by atoms with E-state index in [1.165, 1.54) is 18.4 Å². The van der Waals surface area contributed by atoms with Gasteiger partial charge in [-0.2, -0.15) is 0 Å².